The van der Waals surface area contributed by atoms with Crippen molar-refractivity contribution in [1.29, 1.82) is 0 Å². The average Bonchev–Trinajstić information content (AvgIpc) is 3.12. The van der Waals surface area contributed by atoms with E-state index in [0.29, 0.717) is 0 Å². The van der Waals surface area contributed by atoms with E-state index in [0.717, 1.165) is 32.6 Å². The molecule has 19 heavy (non-hydrogen) atoms. The van der Waals surface area contributed by atoms with Gasteiger partial charge in [0.15, 0.2) is 6.10 Å². The van der Waals surface area contributed by atoms with Crippen molar-refractivity contribution in [1.82, 2.24) is 5.32 Å². The van der Waals surface area contributed by atoms with Gasteiger partial charge in [-0.15, -0.1) is 0 Å². The standard InChI is InChI=1S/C12H18F3NO3/c1-7(12(13,14)15)19-6-11(10(17)18,8-2-3-8)16-9-4-5-9/h7-9,16H,2-6H2,1H3,(H,17,18). The lowest BCUT2D eigenvalue weighted by molar-refractivity contribution is -0.220. The van der Waals surface area contributed by atoms with Gasteiger partial charge in [-0.1, -0.05) is 0 Å². The van der Waals surface area contributed by atoms with Crippen LogP contribution in [0.3, 0.4) is 0 Å². The van der Waals surface area contributed by atoms with Crippen LogP contribution in [0.4, 0.5) is 13.2 Å². The third-order valence-corrected chi connectivity index (χ3v) is 3.72. The summed E-state index contributed by atoms with van der Waals surface area (Å²) < 4.78 is 42.1. The maximum absolute atomic E-state index is 12.4. The summed E-state index contributed by atoms with van der Waals surface area (Å²) in [5.74, 6) is -1.25. The number of nitrogens with one attached hydrogen (secondary N) is 1. The largest absolute Gasteiger partial charge is 0.480 e. The summed E-state index contributed by atoms with van der Waals surface area (Å²) in [4.78, 5) is 11.5. The first kappa shape index (κ1) is 14.6. The Morgan fingerprint density at radius 2 is 1.95 bits per heavy atom. The molecule has 0 spiro atoms. The fourth-order valence-corrected chi connectivity index (χ4v) is 2.09. The number of hydrogen-bond acceptors (Lipinski definition) is 3. The molecule has 0 saturated heterocycles. The highest BCUT2D eigenvalue weighted by Crippen LogP contribution is 2.42. The molecular weight excluding hydrogens is 263 g/mol. The van der Waals surface area contributed by atoms with Gasteiger partial charge in [-0.3, -0.25) is 10.1 Å². The summed E-state index contributed by atoms with van der Waals surface area (Å²) in [6, 6.07) is 0.0986. The molecule has 2 saturated carbocycles. The van der Waals surface area contributed by atoms with Crippen molar-refractivity contribution in [3.63, 3.8) is 0 Å². The number of hydrogen-bond donors (Lipinski definition) is 2. The number of ether oxygens (including phenoxy) is 1. The number of alkyl halides is 3. The van der Waals surface area contributed by atoms with Crippen molar-refractivity contribution in [2.24, 2.45) is 5.92 Å². The Labute approximate surface area is 109 Å². The fourth-order valence-electron chi connectivity index (χ4n) is 2.09. The Kier molecular flexibility index (Phi) is 3.79. The number of carbonyl (C=O) groups is 1. The summed E-state index contributed by atoms with van der Waals surface area (Å²) in [6.07, 6.45) is -3.24. The fraction of sp³-hybridized carbons (Fsp3) is 0.917. The number of carboxylic acid groups (broad SMARTS) is 1. The third-order valence-electron chi connectivity index (χ3n) is 3.72. The zero-order valence-electron chi connectivity index (χ0n) is 10.7. The first-order chi connectivity index (χ1) is 8.75. The Balaban J connectivity index is 2.02. The first-order valence-electron chi connectivity index (χ1n) is 6.45. The molecule has 0 heterocycles. The molecule has 2 fully saturated rings. The SMILES string of the molecule is CC(OCC(NC1CC1)(C(=O)O)C1CC1)C(F)(F)F. The first-order valence-corrected chi connectivity index (χ1v) is 6.45. The molecular formula is C12H18F3NO3. The highest BCUT2D eigenvalue weighted by molar-refractivity contribution is 5.80. The molecule has 0 aromatic heterocycles. The molecule has 0 radical (unpaired) electrons. The van der Waals surface area contributed by atoms with Gasteiger partial charge in [-0.2, -0.15) is 13.2 Å². The second-order valence-electron chi connectivity index (χ2n) is 5.46. The average molecular weight is 281 g/mol. The highest BCUT2D eigenvalue weighted by atomic mass is 19.4. The van der Waals surface area contributed by atoms with Gasteiger partial charge in [-0.25, -0.2) is 0 Å². The van der Waals surface area contributed by atoms with E-state index in [4.69, 9.17) is 4.74 Å². The quantitative estimate of drug-likeness (QED) is 0.748. The van der Waals surface area contributed by atoms with Gasteiger partial charge in [0.05, 0.1) is 6.61 Å². The predicted octanol–water partition coefficient (Wildman–Crippen LogP) is 1.94. The minimum Gasteiger partial charge on any atom is -0.480 e. The summed E-state index contributed by atoms with van der Waals surface area (Å²) >= 11 is 0. The summed E-state index contributed by atoms with van der Waals surface area (Å²) in [5, 5.41) is 12.4. The molecule has 4 nitrogen and oxygen atoms in total. The van der Waals surface area contributed by atoms with E-state index in [1.54, 1.807) is 0 Å². The van der Waals surface area contributed by atoms with Gasteiger partial charge in [0.25, 0.3) is 0 Å². The van der Waals surface area contributed by atoms with Gasteiger partial charge in [0.2, 0.25) is 0 Å². The Morgan fingerprint density at radius 1 is 1.37 bits per heavy atom. The van der Waals surface area contributed by atoms with Crippen LogP contribution in [0.1, 0.15) is 32.6 Å². The van der Waals surface area contributed by atoms with Crippen LogP contribution in [0.15, 0.2) is 0 Å². The van der Waals surface area contributed by atoms with Gasteiger partial charge in [0, 0.05) is 6.04 Å². The zero-order chi connectivity index (χ0) is 14.3. The maximum Gasteiger partial charge on any atom is 0.414 e. The van der Waals surface area contributed by atoms with E-state index in [1.807, 2.05) is 0 Å². The Hall–Kier alpha value is -0.820. The molecule has 2 aliphatic carbocycles. The summed E-state index contributed by atoms with van der Waals surface area (Å²) in [5.41, 5.74) is -1.36. The molecule has 0 bridgehead atoms. The lowest BCUT2D eigenvalue weighted by atomic mass is 9.94. The lowest BCUT2D eigenvalue weighted by Crippen LogP contribution is -2.59. The normalized spacial score (nSPS) is 24.8. The van der Waals surface area contributed by atoms with Gasteiger partial charge >= 0.3 is 12.1 Å². The Bertz CT molecular complexity index is 353. The topological polar surface area (TPSA) is 58.6 Å². The number of aliphatic carboxylic acids is 1. The lowest BCUT2D eigenvalue weighted by Gasteiger charge is -2.32. The molecule has 2 atom stereocenters. The second-order valence-corrected chi connectivity index (χ2v) is 5.46. The molecule has 110 valence electrons. The molecule has 2 rings (SSSR count). The summed E-state index contributed by atoms with van der Waals surface area (Å²) in [7, 11) is 0. The number of carboxylic acids is 1. The van der Waals surface area contributed by atoms with Crippen molar-refractivity contribution >= 4 is 5.97 Å². The van der Waals surface area contributed by atoms with Crippen molar-refractivity contribution in [2.45, 2.75) is 56.5 Å². The highest BCUT2D eigenvalue weighted by Gasteiger charge is 2.54. The zero-order valence-corrected chi connectivity index (χ0v) is 10.7. The predicted molar refractivity (Wildman–Crippen MR) is 60.7 cm³/mol. The molecule has 0 aromatic rings. The summed E-state index contributed by atoms with van der Waals surface area (Å²) in [6.45, 7) is 0.459. The molecule has 2 N–H and O–H groups in total. The molecule has 0 amide bonds. The van der Waals surface area contributed by atoms with Crippen molar-refractivity contribution < 1.29 is 27.8 Å². The van der Waals surface area contributed by atoms with Gasteiger partial charge in [0.1, 0.15) is 5.54 Å². The van der Waals surface area contributed by atoms with Crippen LogP contribution < -0.4 is 5.32 Å². The van der Waals surface area contributed by atoms with Crippen molar-refractivity contribution in [3.8, 4) is 0 Å². The number of halogens is 3. The van der Waals surface area contributed by atoms with Crippen LogP contribution in [0.5, 0.6) is 0 Å². The van der Waals surface area contributed by atoms with Crippen molar-refractivity contribution in [2.75, 3.05) is 6.61 Å². The van der Waals surface area contributed by atoms with Crippen LogP contribution in [0.25, 0.3) is 0 Å². The molecule has 0 aliphatic heterocycles. The Morgan fingerprint density at radius 3 is 2.32 bits per heavy atom. The number of rotatable bonds is 7. The second kappa shape index (κ2) is 4.94. The van der Waals surface area contributed by atoms with Crippen LogP contribution in [-0.2, 0) is 9.53 Å². The van der Waals surface area contributed by atoms with Crippen LogP contribution >= 0.6 is 0 Å². The minimum absolute atomic E-state index is 0.0986. The smallest absolute Gasteiger partial charge is 0.414 e. The van der Waals surface area contributed by atoms with Crippen LogP contribution in [0.2, 0.25) is 0 Å². The van der Waals surface area contributed by atoms with Crippen LogP contribution in [0, 0.1) is 5.92 Å². The van der Waals surface area contributed by atoms with Gasteiger partial charge < -0.3 is 9.84 Å². The van der Waals surface area contributed by atoms with Crippen LogP contribution in [-0.4, -0.2) is 41.5 Å². The van der Waals surface area contributed by atoms with E-state index in [2.05, 4.69) is 5.32 Å². The van der Waals surface area contributed by atoms with Crippen molar-refractivity contribution in [3.05, 3.63) is 0 Å². The minimum atomic E-state index is -4.46. The van der Waals surface area contributed by atoms with Gasteiger partial charge in [-0.05, 0) is 38.5 Å². The third kappa shape index (κ3) is 3.39. The molecule has 7 heteroatoms. The van der Waals surface area contributed by atoms with E-state index in [9.17, 15) is 23.1 Å². The van der Waals surface area contributed by atoms with E-state index in [1.165, 1.54) is 0 Å². The maximum atomic E-state index is 12.4. The molecule has 2 unspecified atom stereocenters. The van der Waals surface area contributed by atoms with E-state index < -0.39 is 30.4 Å². The van der Waals surface area contributed by atoms with E-state index >= 15 is 0 Å². The molecule has 0 aromatic carbocycles. The van der Waals surface area contributed by atoms with E-state index in [-0.39, 0.29) is 12.0 Å². The molecule has 2 aliphatic rings. The monoisotopic (exact) mass is 281 g/mol.